The lowest BCUT2D eigenvalue weighted by atomic mass is 9.99. The van der Waals surface area contributed by atoms with E-state index in [0.29, 0.717) is 35.4 Å². The van der Waals surface area contributed by atoms with Gasteiger partial charge < -0.3 is 18.9 Å². The molecule has 3 aromatic rings. The van der Waals surface area contributed by atoms with Gasteiger partial charge in [-0.15, -0.1) is 8.78 Å². The van der Waals surface area contributed by atoms with Gasteiger partial charge in [-0.05, 0) is 39.0 Å². The first-order valence-electron chi connectivity index (χ1n) is 11.4. The van der Waals surface area contributed by atoms with Crippen molar-refractivity contribution < 1.29 is 18.3 Å². The number of halogens is 2. The van der Waals surface area contributed by atoms with Gasteiger partial charge in [0, 0.05) is 49.9 Å². The minimum absolute atomic E-state index is 0.0122. The number of alkyl halides is 2. The molecule has 0 saturated carbocycles. The van der Waals surface area contributed by atoms with Crippen molar-refractivity contribution in [2.45, 2.75) is 45.2 Å². The van der Waals surface area contributed by atoms with Gasteiger partial charge in [-0.2, -0.15) is 5.26 Å². The van der Waals surface area contributed by atoms with Crippen LogP contribution in [0.15, 0.2) is 41.2 Å². The summed E-state index contributed by atoms with van der Waals surface area (Å²) in [7, 11) is 1.68. The van der Waals surface area contributed by atoms with E-state index >= 15 is 0 Å². The van der Waals surface area contributed by atoms with Gasteiger partial charge in [-0.3, -0.25) is 9.69 Å². The number of nitriles is 1. The van der Waals surface area contributed by atoms with Crippen LogP contribution in [0.3, 0.4) is 0 Å². The number of aromatic nitrogens is 2. The van der Waals surface area contributed by atoms with E-state index in [1.165, 1.54) is 10.6 Å². The van der Waals surface area contributed by atoms with Crippen LogP contribution < -0.4 is 19.9 Å². The average Bonchev–Trinajstić information content (AvgIpc) is 3.15. The summed E-state index contributed by atoms with van der Waals surface area (Å²) in [6, 6.07) is 11.7. The molecule has 35 heavy (non-hydrogen) atoms. The predicted molar refractivity (Wildman–Crippen MR) is 126 cm³/mol. The fourth-order valence-electron chi connectivity index (χ4n) is 5.12. The number of nitrogens with zero attached hydrogens (tertiary/aromatic N) is 5. The quantitative estimate of drug-likeness (QED) is 0.563. The van der Waals surface area contributed by atoms with Gasteiger partial charge in [-0.1, -0.05) is 12.1 Å². The monoisotopic (exact) mass is 481 g/mol. The molecule has 182 valence electrons. The fraction of sp³-hybridized carbons (Fsp3) is 0.400. The molecule has 1 fully saturated rings. The van der Waals surface area contributed by atoms with Crippen molar-refractivity contribution in [3.8, 4) is 17.6 Å². The zero-order valence-electron chi connectivity index (χ0n) is 19.8. The van der Waals surface area contributed by atoms with E-state index in [9.17, 15) is 18.8 Å². The van der Waals surface area contributed by atoms with Crippen molar-refractivity contribution in [3.05, 3.63) is 58.0 Å². The van der Waals surface area contributed by atoms with E-state index in [4.69, 9.17) is 4.74 Å². The maximum Gasteiger partial charge on any atom is 0.586 e. The number of hydrogen-bond acceptors (Lipinski definition) is 7. The number of piperazine rings is 1. The summed E-state index contributed by atoms with van der Waals surface area (Å²) in [5.74, 6) is 0.0997. The zero-order chi connectivity index (χ0) is 25.1. The third-order valence-corrected chi connectivity index (χ3v) is 6.93. The predicted octanol–water partition coefficient (Wildman–Crippen LogP) is 3.79. The van der Waals surface area contributed by atoms with Gasteiger partial charge in [0.15, 0.2) is 11.5 Å². The Bertz CT molecular complexity index is 1420. The molecule has 0 radical (unpaired) electrons. The Labute approximate surface area is 200 Å². The first-order valence-corrected chi connectivity index (χ1v) is 11.4. The highest BCUT2D eigenvalue weighted by Gasteiger charge is 2.45. The van der Waals surface area contributed by atoms with E-state index in [1.54, 1.807) is 37.4 Å². The van der Waals surface area contributed by atoms with Crippen molar-refractivity contribution in [1.82, 2.24) is 14.5 Å². The molecule has 5 rings (SSSR count). The molecule has 1 aromatic carbocycles. The summed E-state index contributed by atoms with van der Waals surface area (Å²) in [4.78, 5) is 21.6. The molecule has 0 amide bonds. The number of ether oxygens (including phenoxy) is 2. The van der Waals surface area contributed by atoms with Crippen molar-refractivity contribution in [2.24, 2.45) is 7.05 Å². The van der Waals surface area contributed by atoms with E-state index < -0.39 is 6.29 Å². The summed E-state index contributed by atoms with van der Waals surface area (Å²) in [6.45, 7) is 7.25. The molecule has 8 nitrogen and oxygen atoms in total. The number of benzene rings is 1. The van der Waals surface area contributed by atoms with Crippen molar-refractivity contribution in [3.63, 3.8) is 0 Å². The Kier molecular flexibility index (Phi) is 5.40. The average molecular weight is 482 g/mol. The highest BCUT2D eigenvalue weighted by molar-refractivity contribution is 5.89. The Hall–Kier alpha value is -3.71. The first kappa shape index (κ1) is 23.1. The third kappa shape index (κ3) is 3.86. The standard InChI is InChI=1S/C25H25F2N5O3/c1-14-13-32(20-10-22(33)30(4)19-9-8-17(11-28)29-23(19)20)15(2)12-31(14)16(3)18-6-5-7-21-24(18)35-25(26,27)34-21/h5-10,14-16H,12-13H2,1-4H3/t14-,15+,16?/m1/s1. The summed E-state index contributed by atoms with van der Waals surface area (Å²) in [6.07, 6.45) is -3.68. The summed E-state index contributed by atoms with van der Waals surface area (Å²) in [5, 5.41) is 9.35. The minimum Gasteiger partial charge on any atom is -0.395 e. The molecule has 1 saturated heterocycles. The number of rotatable bonds is 3. The normalized spacial score (nSPS) is 22.3. The van der Waals surface area contributed by atoms with Gasteiger partial charge in [0.2, 0.25) is 0 Å². The van der Waals surface area contributed by atoms with Crippen LogP contribution in [0.1, 0.15) is 38.1 Å². The molecule has 2 aliphatic heterocycles. The SMILES string of the molecule is CC(c1cccc2c1OC(F)(F)O2)N1C[C@H](C)N(c2cc(=O)n(C)c3ccc(C#N)nc23)C[C@H]1C. The highest BCUT2D eigenvalue weighted by atomic mass is 19.3. The van der Waals surface area contributed by atoms with Crippen molar-refractivity contribution in [1.29, 1.82) is 5.26 Å². The van der Waals surface area contributed by atoms with Crippen molar-refractivity contribution in [2.75, 3.05) is 18.0 Å². The maximum atomic E-state index is 13.7. The molecule has 3 atom stereocenters. The molecule has 0 spiro atoms. The van der Waals surface area contributed by atoms with Crippen LogP contribution in [-0.2, 0) is 7.05 Å². The second-order valence-electron chi connectivity index (χ2n) is 9.17. The molecule has 4 heterocycles. The van der Waals surface area contributed by atoms with Crippen LogP contribution in [0.2, 0.25) is 0 Å². The van der Waals surface area contributed by atoms with E-state index in [1.807, 2.05) is 13.8 Å². The van der Waals surface area contributed by atoms with Crippen LogP contribution in [-0.4, -0.2) is 45.9 Å². The van der Waals surface area contributed by atoms with Crippen LogP contribution in [0, 0.1) is 11.3 Å². The minimum atomic E-state index is -3.68. The molecule has 10 heteroatoms. The largest absolute Gasteiger partial charge is 0.586 e. The van der Waals surface area contributed by atoms with Gasteiger partial charge in [0.1, 0.15) is 17.3 Å². The summed E-state index contributed by atoms with van der Waals surface area (Å²) in [5.41, 5.74) is 2.69. The molecule has 0 N–H and O–H groups in total. The number of fused-ring (bicyclic) bond motifs is 2. The van der Waals surface area contributed by atoms with Gasteiger partial charge in [0.05, 0.1) is 11.2 Å². The number of aryl methyl sites for hydroxylation is 1. The van der Waals surface area contributed by atoms with E-state index in [2.05, 4.69) is 32.5 Å². The van der Waals surface area contributed by atoms with Gasteiger partial charge in [-0.25, -0.2) is 4.98 Å². The van der Waals surface area contributed by atoms with Crippen LogP contribution >= 0.6 is 0 Å². The summed E-state index contributed by atoms with van der Waals surface area (Å²) >= 11 is 0. The molecule has 0 bridgehead atoms. The Balaban J connectivity index is 1.48. The lowest BCUT2D eigenvalue weighted by molar-refractivity contribution is -0.287. The lowest BCUT2D eigenvalue weighted by Crippen LogP contribution is -2.57. The number of hydrogen-bond donors (Lipinski definition) is 0. The van der Waals surface area contributed by atoms with E-state index in [-0.39, 0.29) is 40.9 Å². The van der Waals surface area contributed by atoms with E-state index in [0.717, 1.165) is 0 Å². The molecule has 0 aliphatic carbocycles. The molecule has 2 aromatic heterocycles. The molecular formula is C25H25F2N5O3. The van der Waals surface area contributed by atoms with Crippen LogP contribution in [0.25, 0.3) is 11.0 Å². The van der Waals surface area contributed by atoms with Gasteiger partial charge >= 0.3 is 6.29 Å². The van der Waals surface area contributed by atoms with Crippen LogP contribution in [0.5, 0.6) is 11.5 Å². The molecule has 2 aliphatic rings. The number of para-hydroxylation sites is 1. The Morgan fingerprint density at radius 2 is 1.94 bits per heavy atom. The zero-order valence-corrected chi connectivity index (χ0v) is 19.8. The Morgan fingerprint density at radius 3 is 2.69 bits per heavy atom. The maximum absolute atomic E-state index is 13.7. The number of anilines is 1. The summed E-state index contributed by atoms with van der Waals surface area (Å²) < 4.78 is 38.4. The fourth-order valence-corrected chi connectivity index (χ4v) is 5.12. The van der Waals surface area contributed by atoms with Gasteiger partial charge in [0.25, 0.3) is 5.56 Å². The first-order chi connectivity index (χ1) is 16.6. The smallest absolute Gasteiger partial charge is 0.395 e. The highest BCUT2D eigenvalue weighted by Crippen LogP contribution is 2.46. The topological polar surface area (TPSA) is 83.6 Å². The third-order valence-electron chi connectivity index (χ3n) is 6.93. The van der Waals surface area contributed by atoms with Crippen LogP contribution in [0.4, 0.5) is 14.5 Å². The number of pyridine rings is 2. The molecular weight excluding hydrogens is 456 g/mol. The molecule has 1 unspecified atom stereocenters. The van der Waals surface area contributed by atoms with Crippen molar-refractivity contribution >= 4 is 16.7 Å². The second-order valence-corrected chi connectivity index (χ2v) is 9.17. The Morgan fingerprint density at radius 1 is 1.17 bits per heavy atom. The second kappa shape index (κ2) is 8.20. The lowest BCUT2D eigenvalue weighted by Gasteiger charge is -2.47.